The van der Waals surface area contributed by atoms with Crippen LogP contribution in [0.5, 0.6) is 17.4 Å². The molecule has 8 nitrogen and oxygen atoms in total. The molecule has 0 bridgehead atoms. The van der Waals surface area contributed by atoms with Crippen molar-refractivity contribution in [3.8, 4) is 28.6 Å². The van der Waals surface area contributed by atoms with E-state index < -0.39 is 6.23 Å². The van der Waals surface area contributed by atoms with E-state index in [1.54, 1.807) is 12.1 Å². The smallest absolute Gasteiger partial charge is 0.247 e. The Hall–Kier alpha value is -3.04. The zero-order valence-electron chi connectivity index (χ0n) is 17.2. The van der Waals surface area contributed by atoms with Gasteiger partial charge in [0, 0.05) is 23.6 Å². The lowest BCUT2D eigenvalue weighted by Crippen LogP contribution is -2.36. The first-order chi connectivity index (χ1) is 15.0. The number of fused-ring (bicyclic) bond motifs is 3. The SMILES string of the molecule is COc1cc(Cl)cc([C@@H]2Oc3nc(SC)nnc3-c3ccccc3N2C(C)=O)c1OC. The summed E-state index contributed by atoms with van der Waals surface area (Å²) < 4.78 is 17.4. The molecule has 1 aromatic heterocycles. The molecule has 31 heavy (non-hydrogen) atoms. The summed E-state index contributed by atoms with van der Waals surface area (Å²) in [6.45, 7) is 1.46. The Morgan fingerprint density at radius 1 is 1.19 bits per heavy atom. The molecule has 10 heteroatoms. The van der Waals surface area contributed by atoms with Crippen LogP contribution in [0.2, 0.25) is 5.02 Å². The van der Waals surface area contributed by atoms with E-state index in [1.165, 1.54) is 37.8 Å². The van der Waals surface area contributed by atoms with E-state index >= 15 is 0 Å². The number of aromatic nitrogens is 3. The molecule has 2 heterocycles. The van der Waals surface area contributed by atoms with Gasteiger partial charge in [0.1, 0.15) is 0 Å². The molecule has 3 aromatic rings. The molecule has 4 rings (SSSR count). The number of nitrogens with zero attached hydrogens (tertiary/aromatic N) is 4. The van der Waals surface area contributed by atoms with Crippen molar-refractivity contribution >= 4 is 35.0 Å². The molecule has 0 saturated carbocycles. The molecular formula is C21H19ClN4O4S. The van der Waals surface area contributed by atoms with Gasteiger partial charge in [-0.1, -0.05) is 41.6 Å². The Morgan fingerprint density at radius 3 is 2.65 bits per heavy atom. The number of anilines is 1. The summed E-state index contributed by atoms with van der Waals surface area (Å²) in [5.74, 6) is 0.822. The quantitative estimate of drug-likeness (QED) is 0.532. The minimum Gasteiger partial charge on any atom is -0.493 e. The number of carbonyl (C=O) groups excluding carboxylic acids is 1. The lowest BCUT2D eigenvalue weighted by Gasteiger charge is -2.31. The van der Waals surface area contributed by atoms with Crippen molar-refractivity contribution in [2.24, 2.45) is 0 Å². The largest absolute Gasteiger partial charge is 0.493 e. The number of benzene rings is 2. The Morgan fingerprint density at radius 2 is 1.97 bits per heavy atom. The summed E-state index contributed by atoms with van der Waals surface area (Å²) in [6.07, 6.45) is 0.909. The molecule has 1 aliphatic rings. The summed E-state index contributed by atoms with van der Waals surface area (Å²) in [5, 5.41) is 9.33. The average molecular weight is 459 g/mol. The third-order valence-corrected chi connectivity index (χ3v) is 5.53. The van der Waals surface area contributed by atoms with Crippen LogP contribution in [-0.4, -0.2) is 41.6 Å². The van der Waals surface area contributed by atoms with E-state index in [-0.39, 0.29) is 11.8 Å². The highest BCUT2D eigenvalue weighted by atomic mass is 35.5. The Kier molecular flexibility index (Phi) is 5.88. The second-order valence-electron chi connectivity index (χ2n) is 6.56. The normalized spacial score (nSPS) is 14.7. The van der Waals surface area contributed by atoms with E-state index in [9.17, 15) is 4.79 Å². The van der Waals surface area contributed by atoms with Crippen LogP contribution >= 0.6 is 23.4 Å². The number of rotatable bonds is 4. The number of hydrogen-bond donors (Lipinski definition) is 0. The van der Waals surface area contributed by atoms with Crippen LogP contribution in [0.3, 0.4) is 0 Å². The Bertz CT molecular complexity index is 1160. The van der Waals surface area contributed by atoms with Gasteiger partial charge in [0.15, 0.2) is 17.2 Å². The van der Waals surface area contributed by atoms with Gasteiger partial charge in [-0.25, -0.2) is 0 Å². The monoisotopic (exact) mass is 458 g/mol. The zero-order chi connectivity index (χ0) is 22.1. The first-order valence-electron chi connectivity index (χ1n) is 9.24. The fourth-order valence-electron chi connectivity index (χ4n) is 3.48. The summed E-state index contributed by atoms with van der Waals surface area (Å²) in [5.41, 5.74) is 2.23. The van der Waals surface area contributed by atoms with Gasteiger partial charge in [-0.15, -0.1) is 10.2 Å². The van der Waals surface area contributed by atoms with Gasteiger partial charge in [0.25, 0.3) is 0 Å². The Balaban J connectivity index is 2.03. The van der Waals surface area contributed by atoms with Gasteiger partial charge >= 0.3 is 0 Å². The highest BCUT2D eigenvalue weighted by Gasteiger charge is 2.37. The molecule has 1 amide bonds. The standard InChI is InChI=1S/C21H19ClN4O4S/c1-11(27)26-15-8-6-5-7-13(15)17-19(23-21(31-4)25-24-17)30-20(26)14-9-12(22)10-16(28-2)18(14)29-3/h5-10,20H,1-4H3/t20-/m0/s1. The number of thioether (sulfide) groups is 1. The number of carbonyl (C=O) groups is 1. The maximum Gasteiger partial charge on any atom is 0.247 e. The van der Waals surface area contributed by atoms with Crippen molar-refractivity contribution in [2.75, 3.05) is 25.4 Å². The van der Waals surface area contributed by atoms with E-state index in [0.29, 0.717) is 44.2 Å². The van der Waals surface area contributed by atoms with Crippen LogP contribution in [0.15, 0.2) is 41.6 Å². The maximum absolute atomic E-state index is 12.9. The minimum absolute atomic E-state index is 0.246. The summed E-state index contributed by atoms with van der Waals surface area (Å²) in [7, 11) is 3.03. The number of hydrogen-bond acceptors (Lipinski definition) is 8. The van der Waals surface area contributed by atoms with Crippen LogP contribution < -0.4 is 19.1 Å². The molecule has 0 saturated heterocycles. The summed E-state index contributed by atoms with van der Waals surface area (Å²) in [6, 6.07) is 10.7. The topological polar surface area (TPSA) is 86.7 Å². The van der Waals surface area contributed by atoms with Crippen molar-refractivity contribution in [1.29, 1.82) is 0 Å². The van der Waals surface area contributed by atoms with Gasteiger partial charge in [-0.2, -0.15) is 4.98 Å². The predicted molar refractivity (Wildman–Crippen MR) is 118 cm³/mol. The predicted octanol–water partition coefficient (Wildman–Crippen LogP) is 4.38. The first-order valence-corrected chi connectivity index (χ1v) is 10.8. The molecule has 0 radical (unpaired) electrons. The minimum atomic E-state index is -0.936. The molecule has 1 aliphatic heterocycles. The number of amides is 1. The summed E-state index contributed by atoms with van der Waals surface area (Å²) in [4.78, 5) is 18.9. The molecule has 0 unspecified atom stereocenters. The van der Waals surface area contributed by atoms with E-state index in [0.717, 1.165) is 0 Å². The van der Waals surface area contributed by atoms with Crippen molar-refractivity contribution in [2.45, 2.75) is 18.3 Å². The average Bonchev–Trinajstić information content (AvgIpc) is 2.92. The molecule has 160 valence electrons. The van der Waals surface area contributed by atoms with Gasteiger partial charge in [0.05, 0.1) is 25.5 Å². The molecule has 0 aliphatic carbocycles. The highest BCUT2D eigenvalue weighted by molar-refractivity contribution is 7.98. The van der Waals surface area contributed by atoms with Crippen LogP contribution in [0.1, 0.15) is 18.7 Å². The molecule has 0 fully saturated rings. The number of para-hydroxylation sites is 1. The Labute approximate surface area is 188 Å². The van der Waals surface area contributed by atoms with Crippen LogP contribution in [0.4, 0.5) is 5.69 Å². The molecule has 0 spiro atoms. The van der Waals surface area contributed by atoms with Crippen molar-refractivity contribution in [3.05, 3.63) is 47.0 Å². The third-order valence-electron chi connectivity index (χ3n) is 4.77. The van der Waals surface area contributed by atoms with Gasteiger partial charge < -0.3 is 14.2 Å². The maximum atomic E-state index is 12.9. The number of halogens is 1. The van der Waals surface area contributed by atoms with Gasteiger partial charge in [-0.05, 0) is 18.4 Å². The molecule has 1 atom stereocenters. The molecule has 2 aromatic carbocycles. The van der Waals surface area contributed by atoms with Crippen molar-refractivity contribution in [3.63, 3.8) is 0 Å². The van der Waals surface area contributed by atoms with Crippen LogP contribution in [0.25, 0.3) is 11.3 Å². The van der Waals surface area contributed by atoms with E-state index in [1.807, 2.05) is 30.5 Å². The summed E-state index contributed by atoms with van der Waals surface area (Å²) >= 11 is 7.70. The number of ether oxygens (including phenoxy) is 3. The van der Waals surface area contributed by atoms with Crippen LogP contribution in [0, 0.1) is 0 Å². The zero-order valence-corrected chi connectivity index (χ0v) is 18.8. The fraction of sp³-hybridized carbons (Fsp3) is 0.238. The lowest BCUT2D eigenvalue weighted by atomic mass is 10.1. The van der Waals surface area contributed by atoms with Crippen molar-refractivity contribution < 1.29 is 19.0 Å². The number of methoxy groups -OCH3 is 2. The first kappa shape index (κ1) is 21.2. The van der Waals surface area contributed by atoms with Gasteiger partial charge in [0.2, 0.25) is 23.2 Å². The van der Waals surface area contributed by atoms with Crippen LogP contribution in [-0.2, 0) is 4.79 Å². The molecule has 0 N–H and O–H groups in total. The van der Waals surface area contributed by atoms with E-state index in [4.69, 9.17) is 25.8 Å². The lowest BCUT2D eigenvalue weighted by molar-refractivity contribution is -0.118. The molecular weight excluding hydrogens is 440 g/mol. The van der Waals surface area contributed by atoms with Gasteiger partial charge in [-0.3, -0.25) is 9.69 Å². The third kappa shape index (κ3) is 3.75. The van der Waals surface area contributed by atoms with E-state index in [2.05, 4.69) is 15.2 Å². The van der Waals surface area contributed by atoms with Crippen molar-refractivity contribution in [1.82, 2.24) is 15.2 Å². The fourth-order valence-corrected chi connectivity index (χ4v) is 4.00. The second kappa shape index (κ2) is 8.60. The highest BCUT2D eigenvalue weighted by Crippen LogP contribution is 2.47. The second-order valence-corrected chi connectivity index (χ2v) is 7.77.